The van der Waals surface area contributed by atoms with E-state index >= 15 is 0 Å². The summed E-state index contributed by atoms with van der Waals surface area (Å²) in [7, 11) is 0. The number of ether oxygens (including phenoxy) is 1. The lowest BCUT2D eigenvalue weighted by molar-refractivity contribution is 0.360. The third kappa shape index (κ3) is 3.24. The van der Waals surface area contributed by atoms with Crippen LogP contribution in [0.2, 0.25) is 0 Å². The van der Waals surface area contributed by atoms with Gasteiger partial charge in [-0.15, -0.1) is 0 Å². The van der Waals surface area contributed by atoms with Crippen LogP contribution in [0.1, 0.15) is 16.7 Å². The van der Waals surface area contributed by atoms with Crippen molar-refractivity contribution in [2.24, 2.45) is 0 Å². The predicted octanol–water partition coefficient (Wildman–Crippen LogP) is 4.86. The van der Waals surface area contributed by atoms with E-state index in [-0.39, 0.29) is 5.63 Å². The quantitative estimate of drug-likeness (QED) is 0.329. The number of rotatable bonds is 5. The van der Waals surface area contributed by atoms with Crippen molar-refractivity contribution in [1.29, 1.82) is 0 Å². The van der Waals surface area contributed by atoms with E-state index in [9.17, 15) is 4.79 Å². The van der Waals surface area contributed by atoms with Gasteiger partial charge in [0, 0.05) is 17.4 Å². The lowest BCUT2D eigenvalue weighted by Gasteiger charge is -2.12. The largest absolute Gasteiger partial charge is 0.488 e. The van der Waals surface area contributed by atoms with Gasteiger partial charge in [0.25, 0.3) is 0 Å². The van der Waals surface area contributed by atoms with E-state index in [0.717, 1.165) is 20.1 Å². The standard InChI is InChI=1S/C20H17IO3/c1-3-11-23-17-10-9-15-13(2)16(12-14-7-5-4-6-8-14)20(22)24-19(15)18(17)21/h3-10H,1,11-12H2,2H3. The molecule has 0 spiro atoms. The molecule has 0 fully saturated rings. The minimum Gasteiger partial charge on any atom is -0.488 e. The van der Waals surface area contributed by atoms with E-state index in [2.05, 4.69) is 29.2 Å². The zero-order chi connectivity index (χ0) is 17.1. The fourth-order valence-electron chi connectivity index (χ4n) is 2.67. The van der Waals surface area contributed by atoms with Crippen LogP contribution in [0.25, 0.3) is 11.0 Å². The van der Waals surface area contributed by atoms with E-state index in [1.807, 2.05) is 49.4 Å². The number of aryl methyl sites for hydroxylation is 1. The Morgan fingerprint density at radius 1 is 1.21 bits per heavy atom. The van der Waals surface area contributed by atoms with E-state index in [0.29, 0.717) is 29.9 Å². The fourth-order valence-corrected chi connectivity index (χ4v) is 3.40. The Bertz CT molecular complexity index is 942. The summed E-state index contributed by atoms with van der Waals surface area (Å²) in [6, 6.07) is 13.8. The number of hydrogen-bond acceptors (Lipinski definition) is 3. The van der Waals surface area contributed by atoms with Gasteiger partial charge in [0.2, 0.25) is 0 Å². The monoisotopic (exact) mass is 432 g/mol. The molecule has 3 aromatic rings. The van der Waals surface area contributed by atoms with Crippen LogP contribution in [0, 0.1) is 10.5 Å². The molecule has 4 heteroatoms. The van der Waals surface area contributed by atoms with Crippen LogP contribution < -0.4 is 10.4 Å². The first-order valence-corrected chi connectivity index (χ1v) is 8.72. The zero-order valence-corrected chi connectivity index (χ0v) is 15.5. The van der Waals surface area contributed by atoms with Crippen LogP contribution in [-0.4, -0.2) is 6.61 Å². The molecule has 0 bridgehead atoms. The van der Waals surface area contributed by atoms with Gasteiger partial charge in [0.15, 0.2) is 5.58 Å². The highest BCUT2D eigenvalue weighted by Crippen LogP contribution is 2.31. The first-order chi connectivity index (χ1) is 11.6. The Kier molecular flexibility index (Phi) is 5.04. The van der Waals surface area contributed by atoms with Crippen molar-refractivity contribution in [3.05, 3.63) is 85.8 Å². The van der Waals surface area contributed by atoms with Gasteiger partial charge in [-0.3, -0.25) is 0 Å². The number of halogens is 1. The molecule has 122 valence electrons. The summed E-state index contributed by atoms with van der Waals surface area (Å²) in [6.45, 7) is 6.03. The maximum Gasteiger partial charge on any atom is 0.340 e. The maximum absolute atomic E-state index is 12.5. The molecular formula is C20H17IO3. The molecule has 3 rings (SSSR count). The molecule has 0 saturated heterocycles. The van der Waals surface area contributed by atoms with Crippen molar-refractivity contribution >= 4 is 33.6 Å². The SMILES string of the molecule is C=CCOc1ccc2c(C)c(Cc3ccccc3)c(=O)oc2c1I. The zero-order valence-electron chi connectivity index (χ0n) is 13.3. The first kappa shape index (κ1) is 16.8. The van der Waals surface area contributed by atoms with E-state index in [1.54, 1.807) is 6.08 Å². The van der Waals surface area contributed by atoms with Gasteiger partial charge in [-0.2, -0.15) is 0 Å². The van der Waals surface area contributed by atoms with Crippen molar-refractivity contribution in [1.82, 2.24) is 0 Å². The Morgan fingerprint density at radius 3 is 2.67 bits per heavy atom. The molecule has 3 nitrogen and oxygen atoms in total. The normalized spacial score (nSPS) is 10.8. The summed E-state index contributed by atoms with van der Waals surface area (Å²) in [5, 5.41) is 0.941. The molecule has 0 aliphatic rings. The van der Waals surface area contributed by atoms with E-state index < -0.39 is 0 Å². The molecular weight excluding hydrogens is 415 g/mol. The minimum absolute atomic E-state index is 0.289. The first-order valence-electron chi connectivity index (χ1n) is 7.64. The molecule has 0 unspecified atom stereocenters. The van der Waals surface area contributed by atoms with Crippen molar-refractivity contribution in [3.63, 3.8) is 0 Å². The van der Waals surface area contributed by atoms with Crippen LogP contribution in [0.15, 0.2) is 64.3 Å². The van der Waals surface area contributed by atoms with Crippen molar-refractivity contribution in [2.75, 3.05) is 6.61 Å². The van der Waals surface area contributed by atoms with Gasteiger partial charge in [-0.1, -0.05) is 43.0 Å². The summed E-state index contributed by atoms with van der Waals surface area (Å²) >= 11 is 2.16. The molecule has 0 saturated carbocycles. The van der Waals surface area contributed by atoms with Crippen molar-refractivity contribution in [3.8, 4) is 5.75 Å². The van der Waals surface area contributed by atoms with E-state index in [4.69, 9.17) is 9.15 Å². The van der Waals surface area contributed by atoms with Crippen LogP contribution in [-0.2, 0) is 6.42 Å². The van der Waals surface area contributed by atoms with Crippen LogP contribution >= 0.6 is 22.6 Å². The van der Waals surface area contributed by atoms with Crippen LogP contribution in [0.5, 0.6) is 5.75 Å². The lowest BCUT2D eigenvalue weighted by atomic mass is 10.00. The molecule has 0 radical (unpaired) electrons. The Labute approximate surface area is 154 Å². The van der Waals surface area contributed by atoms with E-state index in [1.165, 1.54) is 0 Å². The van der Waals surface area contributed by atoms with Crippen LogP contribution in [0.3, 0.4) is 0 Å². The molecule has 0 aliphatic heterocycles. The van der Waals surface area contributed by atoms with Gasteiger partial charge in [-0.25, -0.2) is 4.79 Å². The summed E-state index contributed by atoms with van der Waals surface area (Å²) < 4.78 is 12.0. The highest BCUT2D eigenvalue weighted by atomic mass is 127. The van der Waals surface area contributed by atoms with Gasteiger partial charge >= 0.3 is 5.63 Å². The highest BCUT2D eigenvalue weighted by molar-refractivity contribution is 14.1. The molecule has 2 aromatic carbocycles. The molecule has 1 heterocycles. The number of benzene rings is 2. The Morgan fingerprint density at radius 2 is 1.96 bits per heavy atom. The third-order valence-electron chi connectivity index (χ3n) is 3.94. The number of hydrogen-bond donors (Lipinski definition) is 0. The molecule has 1 aromatic heterocycles. The summed E-state index contributed by atoms with van der Waals surface area (Å²) in [5.74, 6) is 0.696. The molecule has 0 N–H and O–H groups in total. The lowest BCUT2D eigenvalue weighted by Crippen LogP contribution is -2.11. The van der Waals surface area contributed by atoms with Gasteiger partial charge in [-0.05, 0) is 52.8 Å². The Hall–Kier alpha value is -2.08. The maximum atomic E-state index is 12.5. The molecule has 24 heavy (non-hydrogen) atoms. The highest BCUT2D eigenvalue weighted by Gasteiger charge is 2.16. The predicted molar refractivity (Wildman–Crippen MR) is 105 cm³/mol. The molecule has 0 amide bonds. The second-order valence-electron chi connectivity index (χ2n) is 5.51. The Balaban J connectivity index is 2.11. The fraction of sp³-hybridized carbons (Fsp3) is 0.150. The average molecular weight is 432 g/mol. The second-order valence-corrected chi connectivity index (χ2v) is 6.59. The van der Waals surface area contributed by atoms with Gasteiger partial charge < -0.3 is 9.15 Å². The second kappa shape index (κ2) is 7.21. The summed E-state index contributed by atoms with van der Waals surface area (Å²) in [5.41, 5.74) is 3.04. The summed E-state index contributed by atoms with van der Waals surface area (Å²) in [4.78, 5) is 12.5. The molecule has 0 aliphatic carbocycles. The van der Waals surface area contributed by atoms with Crippen LogP contribution in [0.4, 0.5) is 0 Å². The smallest absolute Gasteiger partial charge is 0.340 e. The van der Waals surface area contributed by atoms with Crippen molar-refractivity contribution < 1.29 is 9.15 Å². The van der Waals surface area contributed by atoms with Gasteiger partial charge in [0.05, 0.1) is 3.57 Å². The topological polar surface area (TPSA) is 39.4 Å². The molecule has 0 atom stereocenters. The average Bonchev–Trinajstić information content (AvgIpc) is 2.59. The minimum atomic E-state index is -0.289. The number of fused-ring (bicyclic) bond motifs is 1. The van der Waals surface area contributed by atoms with Gasteiger partial charge in [0.1, 0.15) is 12.4 Å². The summed E-state index contributed by atoms with van der Waals surface area (Å²) in [6.07, 6.45) is 2.25. The third-order valence-corrected chi connectivity index (χ3v) is 4.96. The van der Waals surface area contributed by atoms with Crippen molar-refractivity contribution in [2.45, 2.75) is 13.3 Å².